The van der Waals surface area contributed by atoms with E-state index in [0.29, 0.717) is 18.6 Å². The van der Waals surface area contributed by atoms with Gasteiger partial charge in [0, 0.05) is 18.6 Å². The van der Waals surface area contributed by atoms with E-state index < -0.39 is 0 Å². The molecule has 2 unspecified atom stereocenters. The van der Waals surface area contributed by atoms with Gasteiger partial charge in [0.25, 0.3) is 0 Å². The van der Waals surface area contributed by atoms with Gasteiger partial charge < -0.3 is 15.0 Å². The quantitative estimate of drug-likeness (QED) is 0.627. The standard InChI is InChI=1S/C16H34N2O2/c1-8-20-16(19)15(17-13(4)5)9-10-18(7)14(6)11-12(2)3/h12-15,17H,8-11H2,1-7H3. The largest absolute Gasteiger partial charge is 0.465 e. The summed E-state index contributed by atoms with van der Waals surface area (Å²) >= 11 is 0. The second kappa shape index (κ2) is 10.2. The summed E-state index contributed by atoms with van der Waals surface area (Å²) in [6.45, 7) is 14.0. The van der Waals surface area contributed by atoms with Gasteiger partial charge in [0.1, 0.15) is 6.04 Å². The monoisotopic (exact) mass is 286 g/mol. The second-order valence-electron chi connectivity index (χ2n) is 6.37. The van der Waals surface area contributed by atoms with Gasteiger partial charge in [-0.25, -0.2) is 0 Å². The van der Waals surface area contributed by atoms with E-state index in [0.717, 1.165) is 13.0 Å². The van der Waals surface area contributed by atoms with Gasteiger partial charge >= 0.3 is 5.97 Å². The number of hydrogen-bond acceptors (Lipinski definition) is 4. The number of carbonyl (C=O) groups is 1. The third-order valence-corrected chi connectivity index (χ3v) is 3.44. The molecule has 0 aromatic heterocycles. The van der Waals surface area contributed by atoms with Crippen molar-refractivity contribution in [2.45, 2.75) is 72.5 Å². The molecular formula is C16H34N2O2. The van der Waals surface area contributed by atoms with Gasteiger partial charge in [-0.2, -0.15) is 0 Å². The van der Waals surface area contributed by atoms with Crippen LogP contribution >= 0.6 is 0 Å². The van der Waals surface area contributed by atoms with Crippen LogP contribution in [0.4, 0.5) is 0 Å². The first kappa shape index (κ1) is 19.4. The van der Waals surface area contributed by atoms with Gasteiger partial charge in [0.15, 0.2) is 0 Å². The van der Waals surface area contributed by atoms with Crippen molar-refractivity contribution in [2.24, 2.45) is 5.92 Å². The first-order valence-electron chi connectivity index (χ1n) is 7.90. The molecular weight excluding hydrogens is 252 g/mol. The van der Waals surface area contributed by atoms with Crippen LogP contribution in [0.1, 0.15) is 54.4 Å². The van der Waals surface area contributed by atoms with E-state index >= 15 is 0 Å². The lowest BCUT2D eigenvalue weighted by atomic mass is 10.0. The van der Waals surface area contributed by atoms with E-state index in [1.54, 1.807) is 0 Å². The molecule has 0 radical (unpaired) electrons. The Balaban J connectivity index is 4.33. The zero-order chi connectivity index (χ0) is 15.7. The first-order chi connectivity index (χ1) is 9.27. The minimum Gasteiger partial charge on any atom is -0.465 e. The summed E-state index contributed by atoms with van der Waals surface area (Å²) in [6.07, 6.45) is 1.97. The average Bonchev–Trinajstić information content (AvgIpc) is 2.32. The molecule has 0 fully saturated rings. The lowest BCUT2D eigenvalue weighted by molar-refractivity contribution is -0.146. The number of rotatable bonds is 10. The van der Waals surface area contributed by atoms with Crippen LogP contribution < -0.4 is 5.32 Å². The van der Waals surface area contributed by atoms with Crippen molar-refractivity contribution in [1.29, 1.82) is 0 Å². The predicted octanol–water partition coefficient (Wildman–Crippen LogP) is 2.67. The highest BCUT2D eigenvalue weighted by Gasteiger charge is 2.21. The van der Waals surface area contributed by atoms with Crippen LogP contribution in [0.2, 0.25) is 0 Å². The van der Waals surface area contributed by atoms with Crippen molar-refractivity contribution in [3.63, 3.8) is 0 Å². The van der Waals surface area contributed by atoms with Crippen LogP contribution in [0.15, 0.2) is 0 Å². The molecule has 120 valence electrons. The zero-order valence-electron chi connectivity index (χ0n) is 14.4. The second-order valence-corrected chi connectivity index (χ2v) is 6.37. The third kappa shape index (κ3) is 8.54. The summed E-state index contributed by atoms with van der Waals surface area (Å²) in [7, 11) is 2.13. The maximum atomic E-state index is 11.9. The maximum Gasteiger partial charge on any atom is 0.323 e. The number of ether oxygens (including phenoxy) is 1. The fourth-order valence-corrected chi connectivity index (χ4v) is 2.33. The number of nitrogens with one attached hydrogen (secondary N) is 1. The van der Waals surface area contributed by atoms with Crippen LogP contribution in [0.3, 0.4) is 0 Å². The molecule has 0 aromatic carbocycles. The maximum absolute atomic E-state index is 11.9. The minimum atomic E-state index is -0.205. The van der Waals surface area contributed by atoms with Gasteiger partial charge in [-0.05, 0) is 39.7 Å². The Hall–Kier alpha value is -0.610. The lowest BCUT2D eigenvalue weighted by Crippen LogP contribution is -2.44. The summed E-state index contributed by atoms with van der Waals surface area (Å²) < 4.78 is 5.14. The summed E-state index contributed by atoms with van der Waals surface area (Å²) in [5.41, 5.74) is 0. The molecule has 20 heavy (non-hydrogen) atoms. The van der Waals surface area contributed by atoms with Crippen LogP contribution in [-0.2, 0) is 9.53 Å². The molecule has 4 nitrogen and oxygen atoms in total. The molecule has 2 atom stereocenters. The van der Waals surface area contributed by atoms with E-state index in [1.165, 1.54) is 6.42 Å². The summed E-state index contributed by atoms with van der Waals surface area (Å²) in [5.74, 6) is 0.563. The van der Waals surface area contributed by atoms with Crippen LogP contribution in [0.25, 0.3) is 0 Å². The fraction of sp³-hybridized carbons (Fsp3) is 0.938. The van der Waals surface area contributed by atoms with Crippen LogP contribution in [0.5, 0.6) is 0 Å². The SMILES string of the molecule is CCOC(=O)C(CCN(C)C(C)CC(C)C)NC(C)C. The molecule has 0 saturated heterocycles. The van der Waals surface area contributed by atoms with Gasteiger partial charge in [-0.3, -0.25) is 4.79 Å². The zero-order valence-corrected chi connectivity index (χ0v) is 14.4. The molecule has 0 aliphatic heterocycles. The van der Waals surface area contributed by atoms with Gasteiger partial charge in [0.2, 0.25) is 0 Å². The molecule has 0 aliphatic rings. The van der Waals surface area contributed by atoms with E-state index in [9.17, 15) is 4.79 Å². The number of esters is 1. The molecule has 0 bridgehead atoms. The van der Waals surface area contributed by atoms with Crippen LogP contribution in [0, 0.1) is 5.92 Å². The molecule has 4 heteroatoms. The fourth-order valence-electron chi connectivity index (χ4n) is 2.33. The normalized spacial score (nSPS) is 14.9. The molecule has 0 amide bonds. The van der Waals surface area contributed by atoms with Crippen molar-refractivity contribution >= 4 is 5.97 Å². The Morgan fingerprint density at radius 1 is 1.20 bits per heavy atom. The Kier molecular flexibility index (Phi) is 9.86. The van der Waals surface area contributed by atoms with Crippen molar-refractivity contribution in [3.05, 3.63) is 0 Å². The smallest absolute Gasteiger partial charge is 0.323 e. The van der Waals surface area contributed by atoms with Crippen molar-refractivity contribution in [3.8, 4) is 0 Å². The highest BCUT2D eigenvalue weighted by molar-refractivity contribution is 5.75. The van der Waals surface area contributed by atoms with Crippen molar-refractivity contribution in [2.75, 3.05) is 20.2 Å². The molecule has 0 rings (SSSR count). The molecule has 0 spiro atoms. The Bertz CT molecular complexity index is 267. The predicted molar refractivity (Wildman–Crippen MR) is 84.9 cm³/mol. The van der Waals surface area contributed by atoms with Gasteiger partial charge in [0.05, 0.1) is 6.61 Å². The number of nitrogens with zero attached hydrogens (tertiary/aromatic N) is 1. The van der Waals surface area contributed by atoms with Crippen molar-refractivity contribution in [1.82, 2.24) is 10.2 Å². The molecule has 0 aliphatic carbocycles. The number of carbonyl (C=O) groups excluding carboxylic acids is 1. The summed E-state index contributed by atoms with van der Waals surface area (Å²) in [4.78, 5) is 14.3. The topological polar surface area (TPSA) is 41.6 Å². The van der Waals surface area contributed by atoms with Crippen LogP contribution in [-0.4, -0.2) is 49.2 Å². The summed E-state index contributed by atoms with van der Waals surface area (Å²) in [5, 5.41) is 3.30. The Morgan fingerprint density at radius 2 is 1.80 bits per heavy atom. The molecule has 1 N–H and O–H groups in total. The van der Waals surface area contributed by atoms with E-state index in [1.807, 2.05) is 6.92 Å². The molecule has 0 heterocycles. The summed E-state index contributed by atoms with van der Waals surface area (Å²) in [6, 6.07) is 0.614. The Labute approximate surface area is 125 Å². The Morgan fingerprint density at radius 3 is 2.25 bits per heavy atom. The lowest BCUT2D eigenvalue weighted by Gasteiger charge is -2.28. The third-order valence-electron chi connectivity index (χ3n) is 3.44. The van der Waals surface area contributed by atoms with E-state index in [2.05, 4.69) is 51.9 Å². The van der Waals surface area contributed by atoms with E-state index in [4.69, 9.17) is 4.74 Å². The minimum absolute atomic E-state index is 0.133. The highest BCUT2D eigenvalue weighted by atomic mass is 16.5. The first-order valence-corrected chi connectivity index (χ1v) is 7.90. The van der Waals surface area contributed by atoms with Gasteiger partial charge in [-0.15, -0.1) is 0 Å². The average molecular weight is 286 g/mol. The molecule has 0 saturated carbocycles. The molecule has 0 aromatic rings. The van der Waals surface area contributed by atoms with Crippen molar-refractivity contribution < 1.29 is 9.53 Å². The van der Waals surface area contributed by atoms with Gasteiger partial charge in [-0.1, -0.05) is 27.7 Å². The number of hydrogen-bond donors (Lipinski definition) is 1. The highest BCUT2D eigenvalue weighted by Crippen LogP contribution is 2.10. The van der Waals surface area contributed by atoms with E-state index in [-0.39, 0.29) is 18.1 Å².